The van der Waals surface area contributed by atoms with Crippen LogP contribution in [0.1, 0.15) is 18.9 Å². The van der Waals surface area contributed by atoms with Crippen molar-refractivity contribution in [1.82, 2.24) is 5.32 Å². The maximum absolute atomic E-state index is 6.14. The molecule has 0 aromatic heterocycles. The number of methoxy groups -OCH3 is 1. The standard InChI is InChI=1S/C17H20ClNOS/c1-3-10-19-12-13-4-5-14(18)11-17(13)21-16-8-6-15(20-2)7-9-16/h4-9,11,19H,3,10,12H2,1-2H3. The molecule has 0 radical (unpaired) electrons. The molecular formula is C17H20ClNOS. The second kappa shape index (κ2) is 8.32. The fourth-order valence-electron chi connectivity index (χ4n) is 1.94. The first-order valence-electron chi connectivity index (χ1n) is 7.04. The van der Waals surface area contributed by atoms with Gasteiger partial charge in [0.1, 0.15) is 5.75 Å². The first kappa shape index (κ1) is 16.2. The summed E-state index contributed by atoms with van der Waals surface area (Å²) in [6.07, 6.45) is 1.13. The van der Waals surface area contributed by atoms with E-state index >= 15 is 0 Å². The summed E-state index contributed by atoms with van der Waals surface area (Å²) in [5.41, 5.74) is 1.27. The van der Waals surface area contributed by atoms with E-state index in [-0.39, 0.29) is 0 Å². The van der Waals surface area contributed by atoms with Crippen LogP contribution in [-0.2, 0) is 6.54 Å². The zero-order valence-corrected chi connectivity index (χ0v) is 13.9. The molecule has 0 saturated heterocycles. The van der Waals surface area contributed by atoms with E-state index in [4.69, 9.17) is 16.3 Å². The number of benzene rings is 2. The molecule has 2 aromatic rings. The summed E-state index contributed by atoms with van der Waals surface area (Å²) >= 11 is 7.86. The average molecular weight is 322 g/mol. The number of halogens is 1. The van der Waals surface area contributed by atoms with Crippen molar-refractivity contribution in [3.05, 3.63) is 53.1 Å². The summed E-state index contributed by atoms with van der Waals surface area (Å²) < 4.78 is 5.19. The van der Waals surface area contributed by atoms with E-state index in [9.17, 15) is 0 Å². The molecule has 0 atom stereocenters. The Balaban J connectivity index is 2.14. The Bertz CT molecular complexity index is 572. The van der Waals surface area contributed by atoms with E-state index in [1.54, 1.807) is 18.9 Å². The quantitative estimate of drug-likeness (QED) is 0.725. The molecule has 1 N–H and O–H groups in total. The van der Waals surface area contributed by atoms with Gasteiger partial charge in [-0.1, -0.05) is 36.4 Å². The van der Waals surface area contributed by atoms with Crippen LogP contribution in [0.2, 0.25) is 5.02 Å². The zero-order valence-electron chi connectivity index (χ0n) is 12.4. The van der Waals surface area contributed by atoms with E-state index in [2.05, 4.69) is 30.4 Å². The predicted octanol–water partition coefficient (Wildman–Crippen LogP) is 5.00. The van der Waals surface area contributed by atoms with Gasteiger partial charge in [0.2, 0.25) is 0 Å². The molecule has 0 unspecified atom stereocenters. The van der Waals surface area contributed by atoms with Crippen LogP contribution in [0.5, 0.6) is 5.75 Å². The van der Waals surface area contributed by atoms with Crippen molar-refractivity contribution >= 4 is 23.4 Å². The molecule has 0 bridgehead atoms. The normalized spacial score (nSPS) is 10.6. The molecule has 0 aliphatic heterocycles. The first-order chi connectivity index (χ1) is 10.2. The largest absolute Gasteiger partial charge is 0.497 e. The van der Waals surface area contributed by atoms with Crippen LogP contribution >= 0.6 is 23.4 Å². The Labute approximate surface area is 135 Å². The maximum atomic E-state index is 6.14. The summed E-state index contributed by atoms with van der Waals surface area (Å²) in [5, 5.41) is 4.21. The molecule has 0 amide bonds. The number of hydrogen-bond acceptors (Lipinski definition) is 3. The van der Waals surface area contributed by atoms with Gasteiger partial charge in [-0.05, 0) is 54.9 Å². The third kappa shape index (κ3) is 4.95. The molecule has 0 heterocycles. The summed E-state index contributed by atoms with van der Waals surface area (Å²) in [5.74, 6) is 0.871. The fourth-order valence-corrected chi connectivity index (χ4v) is 3.16. The van der Waals surface area contributed by atoms with E-state index in [0.29, 0.717) is 0 Å². The average Bonchev–Trinajstić information content (AvgIpc) is 2.50. The Kier molecular flexibility index (Phi) is 6.43. The van der Waals surface area contributed by atoms with Gasteiger partial charge in [0.25, 0.3) is 0 Å². The fraction of sp³-hybridized carbons (Fsp3) is 0.294. The van der Waals surface area contributed by atoms with Crippen LogP contribution < -0.4 is 10.1 Å². The molecule has 2 aromatic carbocycles. The molecule has 2 rings (SSSR count). The minimum atomic E-state index is 0.769. The third-order valence-electron chi connectivity index (χ3n) is 3.06. The van der Waals surface area contributed by atoms with Gasteiger partial charge in [0.05, 0.1) is 7.11 Å². The van der Waals surface area contributed by atoms with Crippen molar-refractivity contribution in [3.8, 4) is 5.75 Å². The van der Waals surface area contributed by atoms with Gasteiger partial charge < -0.3 is 10.1 Å². The number of nitrogens with one attached hydrogen (secondary N) is 1. The van der Waals surface area contributed by atoms with Crippen LogP contribution in [0, 0.1) is 0 Å². The van der Waals surface area contributed by atoms with Crippen molar-refractivity contribution in [2.24, 2.45) is 0 Å². The van der Waals surface area contributed by atoms with E-state index in [0.717, 1.165) is 30.3 Å². The lowest BCUT2D eigenvalue weighted by atomic mass is 10.2. The lowest BCUT2D eigenvalue weighted by molar-refractivity contribution is 0.414. The summed E-state index contributed by atoms with van der Waals surface area (Å²) in [4.78, 5) is 2.37. The Morgan fingerprint density at radius 3 is 2.57 bits per heavy atom. The SMILES string of the molecule is CCCNCc1ccc(Cl)cc1Sc1ccc(OC)cc1. The highest BCUT2D eigenvalue weighted by Gasteiger charge is 2.06. The molecule has 0 saturated carbocycles. The highest BCUT2D eigenvalue weighted by Crippen LogP contribution is 2.33. The van der Waals surface area contributed by atoms with Gasteiger partial charge in [-0.15, -0.1) is 0 Å². The van der Waals surface area contributed by atoms with Crippen molar-refractivity contribution in [2.45, 2.75) is 29.7 Å². The van der Waals surface area contributed by atoms with Crippen molar-refractivity contribution in [1.29, 1.82) is 0 Å². The van der Waals surface area contributed by atoms with Crippen LogP contribution in [0.25, 0.3) is 0 Å². The minimum absolute atomic E-state index is 0.769. The molecule has 4 heteroatoms. The lowest BCUT2D eigenvalue weighted by Crippen LogP contribution is -2.14. The predicted molar refractivity (Wildman–Crippen MR) is 90.6 cm³/mol. The van der Waals surface area contributed by atoms with E-state index in [1.807, 2.05) is 24.3 Å². The van der Waals surface area contributed by atoms with Crippen LogP contribution in [0.15, 0.2) is 52.3 Å². The second-order valence-corrected chi connectivity index (χ2v) is 6.26. The molecule has 2 nitrogen and oxygen atoms in total. The second-order valence-electron chi connectivity index (χ2n) is 4.71. The van der Waals surface area contributed by atoms with Gasteiger partial charge >= 0.3 is 0 Å². The minimum Gasteiger partial charge on any atom is -0.497 e. The first-order valence-corrected chi connectivity index (χ1v) is 8.23. The number of hydrogen-bond donors (Lipinski definition) is 1. The molecule has 112 valence electrons. The smallest absolute Gasteiger partial charge is 0.118 e. The molecule has 0 fully saturated rings. The monoisotopic (exact) mass is 321 g/mol. The van der Waals surface area contributed by atoms with E-state index < -0.39 is 0 Å². The van der Waals surface area contributed by atoms with Crippen molar-refractivity contribution in [2.75, 3.05) is 13.7 Å². The molecular weight excluding hydrogens is 302 g/mol. The summed E-state index contributed by atoms with van der Waals surface area (Å²) in [7, 11) is 1.68. The Morgan fingerprint density at radius 1 is 1.14 bits per heavy atom. The van der Waals surface area contributed by atoms with Gasteiger partial charge in [-0.2, -0.15) is 0 Å². The van der Waals surface area contributed by atoms with Crippen molar-refractivity contribution < 1.29 is 4.74 Å². The Hall–Kier alpha value is -1.16. The number of rotatable bonds is 7. The van der Waals surface area contributed by atoms with Crippen molar-refractivity contribution in [3.63, 3.8) is 0 Å². The molecule has 0 aliphatic carbocycles. The van der Waals surface area contributed by atoms with Gasteiger partial charge in [-0.25, -0.2) is 0 Å². The lowest BCUT2D eigenvalue weighted by Gasteiger charge is -2.11. The maximum Gasteiger partial charge on any atom is 0.118 e. The Morgan fingerprint density at radius 2 is 1.90 bits per heavy atom. The highest BCUT2D eigenvalue weighted by atomic mass is 35.5. The van der Waals surface area contributed by atoms with Crippen LogP contribution in [0.4, 0.5) is 0 Å². The topological polar surface area (TPSA) is 21.3 Å². The summed E-state index contributed by atoms with van der Waals surface area (Å²) in [6, 6.07) is 14.1. The van der Waals surface area contributed by atoms with Gasteiger partial charge in [-0.3, -0.25) is 0 Å². The van der Waals surface area contributed by atoms with Crippen LogP contribution in [0.3, 0.4) is 0 Å². The number of ether oxygens (including phenoxy) is 1. The molecule has 0 aliphatic rings. The van der Waals surface area contributed by atoms with E-state index in [1.165, 1.54) is 15.4 Å². The van der Waals surface area contributed by atoms with Gasteiger partial charge in [0.15, 0.2) is 0 Å². The zero-order chi connectivity index (χ0) is 15.1. The van der Waals surface area contributed by atoms with Crippen LogP contribution in [-0.4, -0.2) is 13.7 Å². The highest BCUT2D eigenvalue weighted by molar-refractivity contribution is 7.99. The molecule has 21 heavy (non-hydrogen) atoms. The summed E-state index contributed by atoms with van der Waals surface area (Å²) in [6.45, 7) is 4.06. The third-order valence-corrected chi connectivity index (χ3v) is 4.40. The molecule has 0 spiro atoms. The van der Waals surface area contributed by atoms with Gasteiger partial charge in [0, 0.05) is 21.4 Å².